The summed E-state index contributed by atoms with van der Waals surface area (Å²) in [4.78, 5) is 27.4. The fraction of sp³-hybridized carbons (Fsp3) is 0.889. The third-order valence-corrected chi connectivity index (χ3v) is 4.72. The quantitative estimate of drug-likeness (QED) is 0.724. The fourth-order valence-corrected chi connectivity index (χ4v) is 3.58. The third kappa shape index (κ3) is 6.15. The van der Waals surface area contributed by atoms with Crippen molar-refractivity contribution in [3.05, 3.63) is 0 Å². The number of likely N-dealkylation sites (tertiary alicyclic amines) is 2. The second kappa shape index (κ2) is 7.91. The van der Waals surface area contributed by atoms with E-state index in [0.29, 0.717) is 19.0 Å². The Morgan fingerprint density at radius 1 is 1.24 bits per heavy atom. The van der Waals surface area contributed by atoms with Crippen LogP contribution < -0.4 is 5.32 Å². The zero-order valence-electron chi connectivity index (χ0n) is 16.0. The van der Waals surface area contributed by atoms with Crippen LogP contribution in [0.5, 0.6) is 0 Å². The van der Waals surface area contributed by atoms with Crippen molar-refractivity contribution in [2.75, 3.05) is 39.3 Å². The highest BCUT2D eigenvalue weighted by Gasteiger charge is 2.47. The SMILES string of the molecule is CC(CNC1(CC(=O)O)CN(C(=O)OC(C)(C)C)C1)CN1CCCC1. The molecule has 144 valence electrons. The molecule has 25 heavy (non-hydrogen) atoms. The summed E-state index contributed by atoms with van der Waals surface area (Å²) in [5, 5.41) is 12.7. The van der Waals surface area contributed by atoms with Gasteiger partial charge in [0.2, 0.25) is 0 Å². The molecule has 7 heteroatoms. The minimum absolute atomic E-state index is 0.0166. The molecule has 7 nitrogen and oxygen atoms in total. The number of rotatable bonds is 7. The van der Waals surface area contributed by atoms with Gasteiger partial charge in [0.15, 0.2) is 0 Å². The molecule has 1 unspecified atom stereocenters. The number of nitrogens with one attached hydrogen (secondary N) is 1. The van der Waals surface area contributed by atoms with Gasteiger partial charge in [-0.15, -0.1) is 0 Å². The van der Waals surface area contributed by atoms with E-state index in [9.17, 15) is 14.7 Å². The van der Waals surface area contributed by atoms with E-state index in [1.165, 1.54) is 12.8 Å². The topological polar surface area (TPSA) is 82.1 Å². The van der Waals surface area contributed by atoms with Crippen LogP contribution in [0.1, 0.15) is 47.0 Å². The number of carbonyl (C=O) groups excluding carboxylic acids is 1. The lowest BCUT2D eigenvalue weighted by atomic mass is 9.86. The van der Waals surface area contributed by atoms with Gasteiger partial charge in [0.1, 0.15) is 5.60 Å². The van der Waals surface area contributed by atoms with Crippen molar-refractivity contribution in [1.82, 2.24) is 15.1 Å². The van der Waals surface area contributed by atoms with E-state index < -0.39 is 17.1 Å². The average Bonchev–Trinajstić information content (AvgIpc) is 2.91. The maximum absolute atomic E-state index is 12.1. The van der Waals surface area contributed by atoms with Crippen LogP contribution in [0.25, 0.3) is 0 Å². The lowest BCUT2D eigenvalue weighted by Gasteiger charge is -2.50. The summed E-state index contributed by atoms with van der Waals surface area (Å²) in [6.45, 7) is 12.5. The molecule has 2 aliphatic heterocycles. The highest BCUT2D eigenvalue weighted by Crippen LogP contribution is 2.27. The van der Waals surface area contributed by atoms with Crippen molar-refractivity contribution >= 4 is 12.1 Å². The molecule has 0 saturated carbocycles. The molecule has 1 atom stereocenters. The molecule has 2 rings (SSSR count). The monoisotopic (exact) mass is 355 g/mol. The summed E-state index contributed by atoms with van der Waals surface area (Å²) in [6.07, 6.45) is 2.19. The van der Waals surface area contributed by atoms with Crippen molar-refractivity contribution in [3.63, 3.8) is 0 Å². The maximum atomic E-state index is 12.1. The van der Waals surface area contributed by atoms with E-state index in [4.69, 9.17) is 4.74 Å². The van der Waals surface area contributed by atoms with Gasteiger partial charge in [-0.25, -0.2) is 4.79 Å². The largest absolute Gasteiger partial charge is 0.481 e. The highest BCUT2D eigenvalue weighted by molar-refractivity contribution is 5.73. The fourth-order valence-electron chi connectivity index (χ4n) is 3.58. The van der Waals surface area contributed by atoms with Crippen LogP contribution in [-0.2, 0) is 9.53 Å². The second-order valence-electron chi connectivity index (χ2n) is 8.68. The predicted molar refractivity (Wildman–Crippen MR) is 95.6 cm³/mol. The Bertz CT molecular complexity index is 477. The number of carboxylic acid groups (broad SMARTS) is 1. The lowest BCUT2D eigenvalue weighted by Crippen LogP contribution is -2.71. The third-order valence-electron chi connectivity index (χ3n) is 4.72. The summed E-state index contributed by atoms with van der Waals surface area (Å²) < 4.78 is 5.36. The zero-order valence-corrected chi connectivity index (χ0v) is 16.0. The highest BCUT2D eigenvalue weighted by atomic mass is 16.6. The Hall–Kier alpha value is -1.34. The standard InChI is InChI=1S/C18H33N3O4/c1-14(11-20-7-5-6-8-20)10-19-18(9-15(22)23)12-21(13-18)16(24)25-17(2,3)4/h14,19H,5-13H2,1-4H3,(H,22,23). The number of nitrogens with zero attached hydrogens (tertiary/aromatic N) is 2. The molecule has 0 aromatic heterocycles. The van der Waals surface area contributed by atoms with Gasteiger partial charge in [0.25, 0.3) is 0 Å². The number of carboxylic acids is 1. The molecule has 1 amide bonds. The summed E-state index contributed by atoms with van der Waals surface area (Å²) in [5.74, 6) is -0.400. The molecule has 2 aliphatic rings. The smallest absolute Gasteiger partial charge is 0.410 e. The van der Waals surface area contributed by atoms with Crippen LogP contribution in [0.2, 0.25) is 0 Å². The van der Waals surface area contributed by atoms with Crippen molar-refractivity contribution in [3.8, 4) is 0 Å². The molecule has 2 heterocycles. The summed E-state index contributed by atoms with van der Waals surface area (Å²) in [6, 6.07) is 0. The minimum Gasteiger partial charge on any atom is -0.481 e. The Kier molecular flexibility index (Phi) is 6.32. The molecule has 0 aromatic rings. The summed E-state index contributed by atoms with van der Waals surface area (Å²) in [5.41, 5.74) is -1.08. The van der Waals surface area contributed by atoms with Gasteiger partial charge in [-0.2, -0.15) is 0 Å². The first-order valence-corrected chi connectivity index (χ1v) is 9.26. The summed E-state index contributed by atoms with van der Waals surface area (Å²) in [7, 11) is 0. The summed E-state index contributed by atoms with van der Waals surface area (Å²) >= 11 is 0. The Morgan fingerprint density at radius 2 is 1.84 bits per heavy atom. The molecular formula is C18H33N3O4. The van der Waals surface area contributed by atoms with E-state index in [1.807, 2.05) is 20.8 Å². The van der Waals surface area contributed by atoms with Crippen molar-refractivity contribution in [2.24, 2.45) is 5.92 Å². The van der Waals surface area contributed by atoms with Crippen LogP contribution in [0.15, 0.2) is 0 Å². The number of ether oxygens (including phenoxy) is 1. The first kappa shape index (κ1) is 20.0. The second-order valence-corrected chi connectivity index (χ2v) is 8.68. The van der Waals surface area contributed by atoms with Gasteiger partial charge in [0, 0.05) is 19.6 Å². The first-order valence-electron chi connectivity index (χ1n) is 9.26. The van der Waals surface area contributed by atoms with Gasteiger partial charge in [0.05, 0.1) is 12.0 Å². The molecule has 2 fully saturated rings. The van der Waals surface area contributed by atoms with Crippen LogP contribution in [-0.4, -0.2) is 77.4 Å². The van der Waals surface area contributed by atoms with Crippen molar-refractivity contribution in [2.45, 2.75) is 58.1 Å². The van der Waals surface area contributed by atoms with Gasteiger partial charge in [-0.1, -0.05) is 6.92 Å². The van der Waals surface area contributed by atoms with Crippen LogP contribution >= 0.6 is 0 Å². The van der Waals surface area contributed by atoms with Crippen LogP contribution in [0, 0.1) is 5.92 Å². The van der Waals surface area contributed by atoms with Crippen molar-refractivity contribution < 1.29 is 19.4 Å². The number of hydrogen-bond donors (Lipinski definition) is 2. The first-order chi connectivity index (χ1) is 11.6. The molecule has 2 N–H and O–H groups in total. The molecule has 0 aliphatic carbocycles. The van der Waals surface area contributed by atoms with E-state index in [0.717, 1.165) is 26.2 Å². The maximum Gasteiger partial charge on any atom is 0.410 e. The van der Waals surface area contributed by atoms with E-state index in [2.05, 4.69) is 17.1 Å². The Labute approximate surface area is 150 Å². The number of carbonyl (C=O) groups is 2. The van der Waals surface area contributed by atoms with E-state index >= 15 is 0 Å². The molecule has 0 radical (unpaired) electrons. The molecule has 0 aromatic carbocycles. The van der Waals surface area contributed by atoms with Gasteiger partial charge in [-0.3, -0.25) is 4.79 Å². The Morgan fingerprint density at radius 3 is 2.36 bits per heavy atom. The molecule has 0 spiro atoms. The lowest BCUT2D eigenvalue weighted by molar-refractivity contribution is -0.141. The predicted octanol–water partition coefficient (Wildman–Crippen LogP) is 1.77. The Balaban J connectivity index is 1.83. The minimum atomic E-state index is -0.844. The van der Waals surface area contributed by atoms with Gasteiger partial charge < -0.3 is 25.0 Å². The average molecular weight is 355 g/mol. The van der Waals surface area contributed by atoms with Gasteiger partial charge in [-0.05, 0) is 59.2 Å². The van der Waals surface area contributed by atoms with Crippen LogP contribution in [0.4, 0.5) is 4.79 Å². The van der Waals surface area contributed by atoms with E-state index in [1.54, 1.807) is 4.90 Å². The number of amides is 1. The van der Waals surface area contributed by atoms with Gasteiger partial charge >= 0.3 is 12.1 Å². The normalized spacial score (nSPS) is 21.7. The van der Waals surface area contributed by atoms with Crippen molar-refractivity contribution in [1.29, 1.82) is 0 Å². The molecule has 2 saturated heterocycles. The molecular weight excluding hydrogens is 322 g/mol. The number of hydrogen-bond acceptors (Lipinski definition) is 5. The molecule has 0 bridgehead atoms. The number of aliphatic carboxylic acids is 1. The zero-order chi connectivity index (χ0) is 18.7. The van der Waals surface area contributed by atoms with Crippen LogP contribution in [0.3, 0.4) is 0 Å². The van der Waals surface area contributed by atoms with E-state index in [-0.39, 0.29) is 12.5 Å².